The molecule has 2 rings (SSSR count). The summed E-state index contributed by atoms with van der Waals surface area (Å²) in [6, 6.07) is 13.8. The second kappa shape index (κ2) is 9.71. The number of ether oxygens (including phenoxy) is 1. The number of nitrogens with zero attached hydrogens (tertiary/aromatic N) is 1. The summed E-state index contributed by atoms with van der Waals surface area (Å²) in [4.78, 5) is 12.6. The summed E-state index contributed by atoms with van der Waals surface area (Å²) in [5, 5.41) is 2.71. The molecule has 28 heavy (non-hydrogen) atoms. The lowest BCUT2D eigenvalue weighted by molar-refractivity contribution is -0.116. The van der Waals surface area contributed by atoms with E-state index in [1.54, 1.807) is 50.4 Å². The molecule has 1 N–H and O–H groups in total. The molecule has 6 nitrogen and oxygen atoms in total. The second-order valence-electron chi connectivity index (χ2n) is 6.59. The van der Waals surface area contributed by atoms with E-state index in [1.165, 1.54) is 4.31 Å². The van der Waals surface area contributed by atoms with Crippen molar-refractivity contribution in [1.29, 1.82) is 0 Å². The van der Waals surface area contributed by atoms with Crippen LogP contribution in [-0.2, 0) is 14.8 Å². The highest BCUT2D eigenvalue weighted by atomic mass is 32.2. The van der Waals surface area contributed by atoms with Crippen LogP contribution < -0.4 is 10.1 Å². The van der Waals surface area contributed by atoms with Crippen molar-refractivity contribution in [2.45, 2.75) is 38.0 Å². The van der Waals surface area contributed by atoms with Gasteiger partial charge in [0.1, 0.15) is 5.75 Å². The summed E-state index contributed by atoms with van der Waals surface area (Å²) in [5.74, 6) is 0.571. The van der Waals surface area contributed by atoms with Crippen LogP contribution in [0.15, 0.2) is 53.4 Å². The molecule has 0 bridgehead atoms. The Morgan fingerprint density at radius 2 is 1.82 bits per heavy atom. The number of benzene rings is 2. The number of nitrogens with one attached hydrogen (secondary N) is 1. The summed E-state index contributed by atoms with van der Waals surface area (Å²) in [6.45, 7) is 5.84. The highest BCUT2D eigenvalue weighted by Gasteiger charge is 2.25. The number of carbonyl (C=O) groups excluding carboxylic acids is 1. The number of methoxy groups -OCH3 is 1. The van der Waals surface area contributed by atoms with Crippen molar-refractivity contribution in [2.75, 3.05) is 25.5 Å². The molecule has 0 unspecified atom stereocenters. The van der Waals surface area contributed by atoms with Gasteiger partial charge in [-0.1, -0.05) is 39.0 Å². The van der Waals surface area contributed by atoms with Gasteiger partial charge in [-0.15, -0.1) is 0 Å². The van der Waals surface area contributed by atoms with E-state index in [9.17, 15) is 13.2 Å². The third-order valence-corrected chi connectivity index (χ3v) is 6.66. The summed E-state index contributed by atoms with van der Waals surface area (Å²) < 4.78 is 32.2. The van der Waals surface area contributed by atoms with Gasteiger partial charge in [-0.25, -0.2) is 8.42 Å². The SMILES string of the molecule is CC[C@H](C)c1ccc(S(=O)(=O)N(CC)CC(=O)Nc2cccc(OC)c2)cc1. The molecule has 0 saturated heterocycles. The lowest BCUT2D eigenvalue weighted by Crippen LogP contribution is -2.37. The first-order valence-corrected chi connectivity index (χ1v) is 10.8. The number of sulfonamides is 1. The van der Waals surface area contributed by atoms with Crippen molar-refractivity contribution in [3.63, 3.8) is 0 Å². The number of anilines is 1. The zero-order valence-corrected chi connectivity index (χ0v) is 17.6. The molecular formula is C21H28N2O4S. The fourth-order valence-corrected chi connectivity index (χ4v) is 4.19. The molecule has 0 spiro atoms. The van der Waals surface area contributed by atoms with E-state index >= 15 is 0 Å². The van der Waals surface area contributed by atoms with Crippen LogP contribution in [0.5, 0.6) is 5.75 Å². The number of rotatable bonds is 9. The van der Waals surface area contributed by atoms with Gasteiger partial charge < -0.3 is 10.1 Å². The van der Waals surface area contributed by atoms with Gasteiger partial charge >= 0.3 is 0 Å². The lowest BCUT2D eigenvalue weighted by Gasteiger charge is -2.20. The molecule has 0 heterocycles. The molecule has 0 radical (unpaired) electrons. The summed E-state index contributed by atoms with van der Waals surface area (Å²) >= 11 is 0. The highest BCUT2D eigenvalue weighted by Crippen LogP contribution is 2.22. The predicted octanol–water partition coefficient (Wildman–Crippen LogP) is 3.86. The zero-order chi connectivity index (χ0) is 20.7. The van der Waals surface area contributed by atoms with Crippen LogP contribution in [0, 0.1) is 0 Å². The Morgan fingerprint density at radius 3 is 2.39 bits per heavy atom. The van der Waals surface area contributed by atoms with Crippen LogP contribution >= 0.6 is 0 Å². The molecule has 7 heteroatoms. The molecule has 0 aliphatic heterocycles. The van der Waals surface area contributed by atoms with Crippen LogP contribution in [0.3, 0.4) is 0 Å². The first-order chi connectivity index (χ1) is 13.3. The zero-order valence-electron chi connectivity index (χ0n) is 16.8. The van der Waals surface area contributed by atoms with Crippen LogP contribution in [0.2, 0.25) is 0 Å². The number of likely N-dealkylation sites (N-methyl/N-ethyl adjacent to an activating group) is 1. The number of amides is 1. The molecule has 2 aromatic rings. The minimum Gasteiger partial charge on any atom is -0.497 e. The minimum absolute atomic E-state index is 0.190. The van der Waals surface area contributed by atoms with Gasteiger partial charge in [-0.05, 0) is 42.2 Å². The molecule has 1 atom stereocenters. The monoisotopic (exact) mass is 404 g/mol. The second-order valence-corrected chi connectivity index (χ2v) is 8.53. The van der Waals surface area contributed by atoms with Crippen LogP contribution in [0.1, 0.15) is 38.7 Å². The Morgan fingerprint density at radius 1 is 1.14 bits per heavy atom. The average Bonchev–Trinajstić information content (AvgIpc) is 2.71. The van der Waals surface area contributed by atoms with Crippen molar-refractivity contribution < 1.29 is 17.9 Å². The largest absolute Gasteiger partial charge is 0.497 e. The van der Waals surface area contributed by atoms with E-state index in [0.29, 0.717) is 17.4 Å². The Balaban J connectivity index is 2.12. The topological polar surface area (TPSA) is 75.7 Å². The van der Waals surface area contributed by atoms with E-state index < -0.39 is 15.9 Å². The third kappa shape index (κ3) is 5.33. The van der Waals surface area contributed by atoms with Gasteiger partial charge in [0.15, 0.2) is 0 Å². The molecule has 0 aliphatic carbocycles. The number of hydrogen-bond acceptors (Lipinski definition) is 4. The molecule has 0 fully saturated rings. The van der Waals surface area contributed by atoms with Gasteiger partial charge in [-0.2, -0.15) is 4.31 Å². The maximum atomic E-state index is 12.9. The molecule has 152 valence electrons. The third-order valence-electron chi connectivity index (χ3n) is 4.73. The lowest BCUT2D eigenvalue weighted by atomic mass is 9.99. The van der Waals surface area contributed by atoms with Crippen molar-refractivity contribution in [2.24, 2.45) is 0 Å². The number of hydrogen-bond donors (Lipinski definition) is 1. The van der Waals surface area contributed by atoms with Gasteiger partial charge in [0.2, 0.25) is 15.9 Å². The molecule has 2 aromatic carbocycles. The summed E-state index contributed by atoms with van der Waals surface area (Å²) in [5.41, 5.74) is 1.65. The van der Waals surface area contributed by atoms with Crippen LogP contribution in [-0.4, -0.2) is 38.8 Å². The Hall–Kier alpha value is -2.38. The first kappa shape index (κ1) is 21.9. The van der Waals surface area contributed by atoms with E-state index in [-0.39, 0.29) is 18.0 Å². The quantitative estimate of drug-likeness (QED) is 0.689. The molecular weight excluding hydrogens is 376 g/mol. The van der Waals surface area contributed by atoms with Gasteiger partial charge in [0, 0.05) is 18.3 Å². The summed E-state index contributed by atoms with van der Waals surface area (Å²) in [7, 11) is -2.21. The van der Waals surface area contributed by atoms with Crippen molar-refractivity contribution in [3.05, 3.63) is 54.1 Å². The van der Waals surface area contributed by atoms with Crippen LogP contribution in [0.25, 0.3) is 0 Å². The van der Waals surface area contributed by atoms with Crippen molar-refractivity contribution in [1.82, 2.24) is 4.31 Å². The fourth-order valence-electron chi connectivity index (χ4n) is 2.78. The fraction of sp³-hybridized carbons (Fsp3) is 0.381. The number of carbonyl (C=O) groups is 1. The van der Waals surface area contributed by atoms with E-state index in [1.807, 2.05) is 12.1 Å². The molecule has 0 aromatic heterocycles. The molecule has 0 aliphatic rings. The van der Waals surface area contributed by atoms with E-state index in [0.717, 1.165) is 12.0 Å². The minimum atomic E-state index is -3.75. The predicted molar refractivity (Wildman–Crippen MR) is 111 cm³/mol. The van der Waals surface area contributed by atoms with Gasteiger partial charge in [0.25, 0.3) is 0 Å². The smallest absolute Gasteiger partial charge is 0.243 e. The standard InChI is InChI=1S/C21H28N2O4S/c1-5-16(3)17-10-12-20(13-11-17)28(25,26)23(6-2)15-21(24)22-18-8-7-9-19(14-18)27-4/h7-14,16H,5-6,15H2,1-4H3,(H,22,24)/t16-/m0/s1. The molecule has 1 amide bonds. The maximum Gasteiger partial charge on any atom is 0.243 e. The van der Waals surface area contributed by atoms with E-state index in [4.69, 9.17) is 4.74 Å². The maximum absolute atomic E-state index is 12.9. The normalized spacial score (nSPS) is 12.6. The summed E-state index contributed by atoms with van der Waals surface area (Å²) in [6.07, 6.45) is 0.984. The van der Waals surface area contributed by atoms with Gasteiger partial charge in [-0.3, -0.25) is 4.79 Å². The molecule has 0 saturated carbocycles. The Labute approximate surface area is 167 Å². The van der Waals surface area contributed by atoms with Gasteiger partial charge in [0.05, 0.1) is 18.6 Å². The van der Waals surface area contributed by atoms with E-state index in [2.05, 4.69) is 19.2 Å². The highest BCUT2D eigenvalue weighted by molar-refractivity contribution is 7.89. The first-order valence-electron chi connectivity index (χ1n) is 9.35. The van der Waals surface area contributed by atoms with Crippen molar-refractivity contribution >= 4 is 21.6 Å². The van der Waals surface area contributed by atoms with Crippen LogP contribution in [0.4, 0.5) is 5.69 Å². The van der Waals surface area contributed by atoms with Crippen molar-refractivity contribution in [3.8, 4) is 5.75 Å². The average molecular weight is 405 g/mol. The Bertz CT molecular complexity index is 895. The Kier molecular flexibility index (Phi) is 7.60.